The summed E-state index contributed by atoms with van der Waals surface area (Å²) < 4.78 is 7.28. The summed E-state index contributed by atoms with van der Waals surface area (Å²) in [5, 5.41) is 0.716. The monoisotopic (exact) mass is 304 g/mol. The number of carbonyl (C=O) groups excluding carboxylic acids is 1. The number of nitrogens with zero attached hydrogens (tertiary/aromatic N) is 2. The summed E-state index contributed by atoms with van der Waals surface area (Å²) in [5.41, 5.74) is 1.16. The van der Waals surface area contributed by atoms with Gasteiger partial charge in [-0.05, 0) is 30.0 Å². The van der Waals surface area contributed by atoms with Crippen LogP contribution >= 0.6 is 11.6 Å². The first kappa shape index (κ1) is 14.1. The summed E-state index contributed by atoms with van der Waals surface area (Å²) in [6, 6.07) is 7.68. The highest BCUT2D eigenvalue weighted by molar-refractivity contribution is 6.30. The van der Waals surface area contributed by atoms with E-state index in [4.69, 9.17) is 16.3 Å². The van der Waals surface area contributed by atoms with Gasteiger partial charge in [-0.1, -0.05) is 23.7 Å². The number of aromatic nitrogens is 2. The number of halogens is 1. The van der Waals surface area contributed by atoms with Crippen molar-refractivity contribution in [1.29, 1.82) is 0 Å². The third-order valence-corrected chi connectivity index (χ3v) is 4.13. The highest BCUT2D eigenvalue weighted by Gasteiger charge is 2.45. The number of carbonyl (C=O) groups is 1. The van der Waals surface area contributed by atoms with Crippen LogP contribution in [0, 0.1) is 5.92 Å². The van der Waals surface area contributed by atoms with Crippen LogP contribution < -0.4 is 0 Å². The van der Waals surface area contributed by atoms with Crippen molar-refractivity contribution in [3.05, 3.63) is 53.1 Å². The SMILES string of the molecule is Cn1ccnc1CCOC(=O)[C@H]1C[C@@H]1c1ccc(Cl)cc1. The van der Waals surface area contributed by atoms with Crippen LogP contribution in [0.25, 0.3) is 0 Å². The summed E-state index contributed by atoms with van der Waals surface area (Å²) in [6.07, 6.45) is 5.14. The predicted octanol–water partition coefficient (Wildman–Crippen LogP) is 2.96. The molecule has 21 heavy (non-hydrogen) atoms. The maximum absolute atomic E-state index is 12.0. The van der Waals surface area contributed by atoms with E-state index in [-0.39, 0.29) is 17.8 Å². The zero-order valence-electron chi connectivity index (χ0n) is 11.8. The third-order valence-electron chi connectivity index (χ3n) is 3.88. The zero-order valence-corrected chi connectivity index (χ0v) is 12.6. The number of ether oxygens (including phenoxy) is 1. The van der Waals surface area contributed by atoms with Crippen LogP contribution in [-0.4, -0.2) is 22.1 Å². The maximum Gasteiger partial charge on any atom is 0.309 e. The van der Waals surface area contributed by atoms with E-state index < -0.39 is 0 Å². The molecule has 1 saturated carbocycles. The second-order valence-electron chi connectivity index (χ2n) is 5.37. The van der Waals surface area contributed by atoms with Gasteiger partial charge >= 0.3 is 5.97 Å². The van der Waals surface area contributed by atoms with Crippen LogP contribution in [0.15, 0.2) is 36.7 Å². The second kappa shape index (κ2) is 5.90. The van der Waals surface area contributed by atoms with Gasteiger partial charge in [0.15, 0.2) is 0 Å². The molecule has 2 atom stereocenters. The van der Waals surface area contributed by atoms with Gasteiger partial charge in [-0.15, -0.1) is 0 Å². The maximum atomic E-state index is 12.0. The molecule has 1 aromatic carbocycles. The van der Waals surface area contributed by atoms with Crippen LogP contribution in [-0.2, 0) is 23.0 Å². The largest absolute Gasteiger partial charge is 0.465 e. The van der Waals surface area contributed by atoms with Gasteiger partial charge in [0.1, 0.15) is 5.82 Å². The van der Waals surface area contributed by atoms with Gasteiger partial charge in [-0.25, -0.2) is 4.98 Å². The molecule has 1 fully saturated rings. The molecule has 0 spiro atoms. The van der Waals surface area contributed by atoms with E-state index in [1.807, 2.05) is 42.1 Å². The van der Waals surface area contributed by atoms with Crippen molar-refractivity contribution in [2.45, 2.75) is 18.8 Å². The van der Waals surface area contributed by atoms with E-state index in [0.29, 0.717) is 18.1 Å². The van der Waals surface area contributed by atoms with E-state index in [0.717, 1.165) is 17.8 Å². The Kier molecular flexibility index (Phi) is 3.97. The third kappa shape index (κ3) is 3.27. The Labute approximate surface area is 128 Å². The molecule has 1 aromatic heterocycles. The predicted molar refractivity (Wildman–Crippen MR) is 80.2 cm³/mol. The first-order valence-electron chi connectivity index (χ1n) is 7.03. The van der Waals surface area contributed by atoms with Crippen LogP contribution in [0.4, 0.5) is 0 Å². The van der Waals surface area contributed by atoms with E-state index in [1.54, 1.807) is 6.20 Å². The summed E-state index contributed by atoms with van der Waals surface area (Å²) in [6.45, 7) is 0.382. The van der Waals surface area contributed by atoms with Crippen molar-refractivity contribution in [1.82, 2.24) is 9.55 Å². The molecule has 0 amide bonds. The van der Waals surface area contributed by atoms with Crippen molar-refractivity contribution in [2.75, 3.05) is 6.61 Å². The van der Waals surface area contributed by atoms with Crippen molar-refractivity contribution in [3.63, 3.8) is 0 Å². The first-order chi connectivity index (χ1) is 10.1. The van der Waals surface area contributed by atoms with Crippen molar-refractivity contribution < 1.29 is 9.53 Å². The summed E-state index contributed by atoms with van der Waals surface area (Å²) in [4.78, 5) is 16.2. The van der Waals surface area contributed by atoms with E-state index >= 15 is 0 Å². The zero-order chi connectivity index (χ0) is 14.8. The smallest absolute Gasteiger partial charge is 0.309 e. The highest BCUT2D eigenvalue weighted by atomic mass is 35.5. The molecule has 1 aliphatic rings. The summed E-state index contributed by atoms with van der Waals surface area (Å²) in [5.74, 6) is 1.09. The number of imidazole rings is 1. The number of hydrogen-bond acceptors (Lipinski definition) is 3. The fourth-order valence-electron chi connectivity index (χ4n) is 2.52. The molecule has 0 radical (unpaired) electrons. The standard InChI is InChI=1S/C16H17ClN2O2/c1-19-8-7-18-15(19)6-9-21-16(20)14-10-13(14)11-2-4-12(17)5-3-11/h2-5,7-8,13-14H,6,9-10H2,1H3/t13-,14+/m1/s1. The van der Waals surface area contributed by atoms with Crippen molar-refractivity contribution in [2.24, 2.45) is 13.0 Å². The fraction of sp³-hybridized carbons (Fsp3) is 0.375. The quantitative estimate of drug-likeness (QED) is 0.798. The van der Waals surface area contributed by atoms with Gasteiger partial charge in [0.25, 0.3) is 0 Å². The van der Waals surface area contributed by atoms with E-state index in [1.165, 1.54) is 0 Å². The molecule has 0 aliphatic heterocycles. The number of esters is 1. The molecule has 0 bridgehead atoms. The number of aryl methyl sites for hydroxylation is 1. The summed E-state index contributed by atoms with van der Waals surface area (Å²) in [7, 11) is 1.93. The minimum atomic E-state index is -0.107. The second-order valence-corrected chi connectivity index (χ2v) is 5.81. The van der Waals surface area contributed by atoms with Crippen LogP contribution in [0.1, 0.15) is 23.7 Å². The molecule has 4 nitrogen and oxygen atoms in total. The van der Waals surface area contributed by atoms with Gasteiger partial charge in [-0.3, -0.25) is 4.79 Å². The minimum Gasteiger partial charge on any atom is -0.465 e. The van der Waals surface area contributed by atoms with E-state index in [9.17, 15) is 4.79 Å². The lowest BCUT2D eigenvalue weighted by Gasteiger charge is -2.05. The fourth-order valence-corrected chi connectivity index (χ4v) is 2.65. The first-order valence-corrected chi connectivity index (χ1v) is 7.41. The normalized spacial score (nSPS) is 20.3. The molecule has 0 saturated heterocycles. The van der Waals surface area contributed by atoms with Crippen molar-refractivity contribution >= 4 is 17.6 Å². The Morgan fingerprint density at radius 1 is 1.43 bits per heavy atom. The average Bonchev–Trinajstić information content (AvgIpc) is 3.17. The molecule has 3 rings (SSSR count). The molecule has 1 heterocycles. The number of hydrogen-bond donors (Lipinski definition) is 0. The van der Waals surface area contributed by atoms with Gasteiger partial charge in [0.05, 0.1) is 12.5 Å². The van der Waals surface area contributed by atoms with Crippen molar-refractivity contribution in [3.8, 4) is 0 Å². The van der Waals surface area contributed by atoms with Gasteiger partial charge in [-0.2, -0.15) is 0 Å². The van der Waals surface area contributed by atoms with Crippen LogP contribution in [0.3, 0.4) is 0 Å². The molecule has 2 aromatic rings. The Bertz CT molecular complexity index is 636. The van der Waals surface area contributed by atoms with Gasteiger partial charge in [0, 0.05) is 30.9 Å². The lowest BCUT2D eigenvalue weighted by molar-refractivity contribution is -0.145. The average molecular weight is 305 g/mol. The topological polar surface area (TPSA) is 44.1 Å². The number of rotatable bonds is 5. The number of benzene rings is 1. The lowest BCUT2D eigenvalue weighted by atomic mass is 10.1. The van der Waals surface area contributed by atoms with Crippen LogP contribution in [0.2, 0.25) is 5.02 Å². The molecule has 0 N–H and O–H groups in total. The van der Waals surface area contributed by atoms with Gasteiger partial charge < -0.3 is 9.30 Å². The molecule has 110 valence electrons. The molecule has 1 aliphatic carbocycles. The Morgan fingerprint density at radius 3 is 2.86 bits per heavy atom. The minimum absolute atomic E-state index is 0.00690. The van der Waals surface area contributed by atoms with E-state index in [2.05, 4.69) is 4.98 Å². The molecular formula is C16H17ClN2O2. The summed E-state index contributed by atoms with van der Waals surface area (Å²) >= 11 is 5.87. The van der Waals surface area contributed by atoms with Gasteiger partial charge in [0.2, 0.25) is 0 Å². The molecule has 0 unspecified atom stereocenters. The lowest BCUT2D eigenvalue weighted by Crippen LogP contribution is -2.12. The highest BCUT2D eigenvalue weighted by Crippen LogP contribution is 2.48. The Hall–Kier alpha value is -1.81. The Balaban J connectivity index is 1.47. The Morgan fingerprint density at radius 2 is 2.19 bits per heavy atom. The van der Waals surface area contributed by atoms with Crippen LogP contribution in [0.5, 0.6) is 0 Å². The molecular weight excluding hydrogens is 288 g/mol. The molecule has 5 heteroatoms.